The summed E-state index contributed by atoms with van der Waals surface area (Å²) < 4.78 is 30.4. The van der Waals surface area contributed by atoms with Gasteiger partial charge in [-0.3, -0.25) is 0 Å². The van der Waals surface area contributed by atoms with Crippen molar-refractivity contribution in [3.8, 4) is 0 Å². The van der Waals surface area contributed by atoms with Gasteiger partial charge in [0.15, 0.2) is 0 Å². The molecule has 1 N–H and O–H groups in total. The highest BCUT2D eigenvalue weighted by Gasteiger charge is 2.34. The lowest BCUT2D eigenvalue weighted by Gasteiger charge is -2.12. The molecule has 0 aliphatic carbocycles. The summed E-state index contributed by atoms with van der Waals surface area (Å²) in [6, 6.07) is 13.7. The van der Waals surface area contributed by atoms with Crippen molar-refractivity contribution in [1.82, 2.24) is 0 Å². The maximum absolute atomic E-state index is 12.6. The second kappa shape index (κ2) is 4.56. The van der Waals surface area contributed by atoms with E-state index in [0.29, 0.717) is 16.7 Å². The Hall–Kier alpha value is -2.37. The summed E-state index contributed by atoms with van der Waals surface area (Å²) in [5.74, 6) is 0. The molecule has 0 bridgehead atoms. The average Bonchev–Trinajstić information content (AvgIpc) is 3.09. The molecule has 0 radical (unpaired) electrons. The van der Waals surface area contributed by atoms with Gasteiger partial charge >= 0.3 is 0 Å². The highest BCUT2D eigenvalue weighted by Crippen LogP contribution is 2.39. The van der Waals surface area contributed by atoms with Gasteiger partial charge in [0, 0.05) is 5.39 Å². The fraction of sp³-hybridized carbons (Fsp3) is 0.0588. The van der Waals surface area contributed by atoms with Crippen LogP contribution in [-0.2, 0) is 9.84 Å². The zero-order chi connectivity index (χ0) is 15.3. The van der Waals surface area contributed by atoms with E-state index in [4.69, 9.17) is 4.42 Å². The van der Waals surface area contributed by atoms with Gasteiger partial charge in [-0.15, -0.1) is 0 Å². The molecule has 1 aliphatic heterocycles. The van der Waals surface area contributed by atoms with E-state index in [1.54, 1.807) is 54.8 Å². The van der Waals surface area contributed by atoms with Crippen LogP contribution in [-0.4, -0.2) is 13.5 Å². The van der Waals surface area contributed by atoms with Crippen LogP contribution in [0.2, 0.25) is 0 Å². The van der Waals surface area contributed by atoms with Gasteiger partial charge in [0.25, 0.3) is 0 Å². The molecular formula is C17H12O4S. The Labute approximate surface area is 127 Å². The van der Waals surface area contributed by atoms with Crippen molar-refractivity contribution >= 4 is 26.9 Å². The number of hydrogen-bond donors (Lipinski definition) is 1. The molecule has 4 rings (SSSR count). The molecule has 2 aromatic carbocycles. The van der Waals surface area contributed by atoms with E-state index in [1.807, 2.05) is 0 Å². The van der Waals surface area contributed by atoms with Crippen LogP contribution in [0.5, 0.6) is 0 Å². The Morgan fingerprint density at radius 3 is 2.68 bits per heavy atom. The summed E-state index contributed by atoms with van der Waals surface area (Å²) in [6.45, 7) is 0. The van der Waals surface area contributed by atoms with Crippen LogP contribution >= 0.6 is 0 Å². The van der Waals surface area contributed by atoms with E-state index < -0.39 is 15.9 Å². The zero-order valence-electron chi connectivity index (χ0n) is 11.4. The third-order valence-corrected chi connectivity index (χ3v) is 5.79. The third kappa shape index (κ3) is 1.83. The molecular weight excluding hydrogens is 300 g/mol. The Bertz CT molecular complexity index is 1010. The lowest BCUT2D eigenvalue weighted by Crippen LogP contribution is -2.09. The van der Waals surface area contributed by atoms with Gasteiger partial charge in [-0.05, 0) is 41.5 Å². The quantitative estimate of drug-likeness (QED) is 0.788. The van der Waals surface area contributed by atoms with Gasteiger partial charge in [0.05, 0.1) is 16.1 Å². The van der Waals surface area contributed by atoms with Gasteiger partial charge in [-0.25, -0.2) is 8.42 Å². The van der Waals surface area contributed by atoms with Gasteiger partial charge < -0.3 is 9.52 Å². The van der Waals surface area contributed by atoms with Crippen LogP contribution in [0.1, 0.15) is 17.2 Å². The lowest BCUT2D eigenvalue weighted by molar-refractivity contribution is 0.224. The van der Waals surface area contributed by atoms with Crippen molar-refractivity contribution < 1.29 is 17.9 Å². The minimum absolute atomic E-state index is 0.0107. The molecule has 1 atom stereocenters. The molecule has 0 amide bonds. The fourth-order valence-corrected chi connectivity index (χ4v) is 4.41. The molecule has 1 aromatic heterocycles. The van der Waals surface area contributed by atoms with E-state index in [9.17, 15) is 13.5 Å². The first-order valence-corrected chi connectivity index (χ1v) is 8.26. The molecule has 0 saturated heterocycles. The second-order valence-electron chi connectivity index (χ2n) is 5.21. The maximum atomic E-state index is 12.6. The third-order valence-electron chi connectivity index (χ3n) is 3.88. The fourth-order valence-electron chi connectivity index (χ4n) is 2.75. The predicted molar refractivity (Wildman–Crippen MR) is 82.8 cm³/mol. The Morgan fingerprint density at radius 2 is 1.86 bits per heavy atom. The normalized spacial score (nSPS) is 17.2. The molecule has 4 nitrogen and oxygen atoms in total. The van der Waals surface area contributed by atoms with Gasteiger partial charge in [0.2, 0.25) is 9.84 Å². The van der Waals surface area contributed by atoms with Crippen LogP contribution in [0, 0.1) is 0 Å². The van der Waals surface area contributed by atoms with Crippen LogP contribution in [0.4, 0.5) is 0 Å². The first-order valence-electron chi connectivity index (χ1n) is 6.78. The van der Waals surface area contributed by atoms with E-state index in [2.05, 4.69) is 0 Å². The molecule has 2 heterocycles. The molecule has 3 aromatic rings. The molecule has 0 saturated carbocycles. The largest absolute Gasteiger partial charge is 0.464 e. The van der Waals surface area contributed by atoms with E-state index >= 15 is 0 Å². The minimum atomic E-state index is -3.65. The summed E-state index contributed by atoms with van der Waals surface area (Å²) in [4.78, 5) is 0.255. The van der Waals surface area contributed by atoms with Crippen molar-refractivity contribution in [2.24, 2.45) is 0 Å². The number of fused-ring (bicyclic) bond motifs is 2. The number of rotatable bonds is 2. The minimum Gasteiger partial charge on any atom is -0.464 e. The number of sulfone groups is 1. The highest BCUT2D eigenvalue weighted by atomic mass is 32.2. The van der Waals surface area contributed by atoms with E-state index in [1.165, 1.54) is 6.08 Å². The first kappa shape index (κ1) is 13.3. The number of furan rings is 1. The van der Waals surface area contributed by atoms with Crippen LogP contribution in [0.25, 0.3) is 17.0 Å². The lowest BCUT2D eigenvalue weighted by atomic mass is 10.1. The van der Waals surface area contributed by atoms with Crippen molar-refractivity contribution in [3.05, 3.63) is 70.8 Å². The monoisotopic (exact) mass is 312 g/mol. The molecule has 0 fully saturated rings. The van der Waals surface area contributed by atoms with Crippen molar-refractivity contribution in [2.45, 2.75) is 11.0 Å². The molecule has 5 heteroatoms. The van der Waals surface area contributed by atoms with Crippen molar-refractivity contribution in [2.75, 3.05) is 0 Å². The molecule has 110 valence electrons. The number of aliphatic hydroxyl groups excluding tert-OH is 1. The average molecular weight is 312 g/mol. The molecule has 1 aliphatic rings. The van der Waals surface area contributed by atoms with Crippen LogP contribution in [0.15, 0.2) is 69.0 Å². The van der Waals surface area contributed by atoms with Crippen molar-refractivity contribution in [1.29, 1.82) is 0 Å². The Balaban J connectivity index is 1.82. The summed E-state index contributed by atoms with van der Waals surface area (Å²) >= 11 is 0. The second-order valence-corrected chi connectivity index (χ2v) is 7.13. The number of hydrogen-bond acceptors (Lipinski definition) is 4. The summed E-state index contributed by atoms with van der Waals surface area (Å²) in [5, 5.41) is 11.4. The van der Waals surface area contributed by atoms with E-state index in [-0.39, 0.29) is 9.80 Å². The Morgan fingerprint density at radius 1 is 1.05 bits per heavy atom. The Kier molecular flexibility index (Phi) is 2.76. The highest BCUT2D eigenvalue weighted by molar-refractivity contribution is 7.95. The SMILES string of the molecule is O=S1(=O)C(C(O)c2ccc3occc3c2)=Cc2ccccc21. The van der Waals surface area contributed by atoms with Gasteiger partial charge in [0.1, 0.15) is 11.7 Å². The van der Waals surface area contributed by atoms with Gasteiger partial charge in [-0.1, -0.05) is 24.3 Å². The van der Waals surface area contributed by atoms with Crippen molar-refractivity contribution in [3.63, 3.8) is 0 Å². The maximum Gasteiger partial charge on any atom is 0.206 e. The predicted octanol–water partition coefficient (Wildman–Crippen LogP) is 3.29. The number of benzene rings is 2. The summed E-state index contributed by atoms with van der Waals surface area (Å²) in [7, 11) is -3.65. The number of aliphatic hydroxyl groups is 1. The smallest absolute Gasteiger partial charge is 0.206 e. The summed E-state index contributed by atoms with van der Waals surface area (Å²) in [5.41, 5.74) is 1.83. The molecule has 1 unspecified atom stereocenters. The molecule has 22 heavy (non-hydrogen) atoms. The molecule has 0 spiro atoms. The van der Waals surface area contributed by atoms with E-state index in [0.717, 1.165) is 5.39 Å². The topological polar surface area (TPSA) is 67.5 Å². The standard InChI is InChI=1S/C17H12O4S/c18-17(13-5-6-14-11(9-13)7-8-21-14)16-10-12-3-1-2-4-15(12)22(16,19)20/h1-10,17-18H. The van der Waals surface area contributed by atoms with Crippen LogP contribution in [0.3, 0.4) is 0 Å². The first-order chi connectivity index (χ1) is 10.6. The van der Waals surface area contributed by atoms with Gasteiger partial charge in [-0.2, -0.15) is 0 Å². The van der Waals surface area contributed by atoms with Crippen LogP contribution < -0.4 is 0 Å². The summed E-state index contributed by atoms with van der Waals surface area (Å²) in [6.07, 6.45) is 1.90. The zero-order valence-corrected chi connectivity index (χ0v) is 12.2.